The predicted molar refractivity (Wildman–Crippen MR) is 52.3 cm³/mol. The van der Waals surface area contributed by atoms with Crippen molar-refractivity contribution in [3.63, 3.8) is 0 Å². The van der Waals surface area contributed by atoms with Crippen molar-refractivity contribution in [1.82, 2.24) is 0 Å². The van der Waals surface area contributed by atoms with Crippen molar-refractivity contribution in [3.8, 4) is 5.75 Å². The van der Waals surface area contributed by atoms with E-state index < -0.39 is 0 Å². The van der Waals surface area contributed by atoms with E-state index in [1.165, 1.54) is 11.6 Å². The fourth-order valence-electron chi connectivity index (χ4n) is 0.930. The summed E-state index contributed by atoms with van der Waals surface area (Å²) in [5.74, 6) is 0.530. The van der Waals surface area contributed by atoms with Gasteiger partial charge in [0.1, 0.15) is 5.75 Å². The second kappa shape index (κ2) is 4.67. The number of methoxy groups -OCH3 is 1. The first-order valence-electron chi connectivity index (χ1n) is 3.73. The molecular formula is C10H9ClO2. The normalized spacial score (nSPS) is 10.3. The highest BCUT2D eigenvalue weighted by Crippen LogP contribution is 2.13. The molecule has 68 valence electrons. The highest BCUT2D eigenvalue weighted by molar-refractivity contribution is 6.27. The zero-order valence-corrected chi connectivity index (χ0v) is 7.91. The number of carbonyl (C=O) groups excluding carboxylic acids is 1. The fourth-order valence-corrected chi connectivity index (χ4v) is 1.04. The molecule has 0 heterocycles. The Morgan fingerprint density at radius 3 is 2.92 bits per heavy atom. The Labute approximate surface area is 81.8 Å². The third kappa shape index (κ3) is 2.60. The molecule has 0 aliphatic rings. The van der Waals surface area contributed by atoms with Crippen molar-refractivity contribution in [2.75, 3.05) is 7.11 Å². The first-order chi connectivity index (χ1) is 6.27. The van der Waals surface area contributed by atoms with Gasteiger partial charge in [-0.25, -0.2) is 0 Å². The van der Waals surface area contributed by atoms with Crippen molar-refractivity contribution >= 4 is 17.4 Å². The Morgan fingerprint density at radius 1 is 1.54 bits per heavy atom. The lowest BCUT2D eigenvalue weighted by Crippen LogP contribution is -1.94. The van der Waals surface area contributed by atoms with Crippen LogP contribution in [0.2, 0.25) is 0 Å². The Hall–Kier alpha value is -1.28. The van der Waals surface area contributed by atoms with Crippen molar-refractivity contribution < 1.29 is 9.53 Å². The Balaban J connectivity index is 2.94. The summed E-state index contributed by atoms with van der Waals surface area (Å²) in [6.07, 6.45) is 1.30. The minimum atomic E-state index is -0.131. The van der Waals surface area contributed by atoms with Crippen LogP contribution in [0.15, 0.2) is 35.9 Å². The van der Waals surface area contributed by atoms with Crippen molar-refractivity contribution in [2.45, 2.75) is 0 Å². The molecule has 0 aliphatic heterocycles. The van der Waals surface area contributed by atoms with Gasteiger partial charge in [-0.1, -0.05) is 23.7 Å². The molecule has 2 nitrogen and oxygen atoms in total. The van der Waals surface area contributed by atoms with Crippen molar-refractivity contribution in [1.29, 1.82) is 0 Å². The number of hydrogen-bond acceptors (Lipinski definition) is 2. The van der Waals surface area contributed by atoms with Gasteiger partial charge in [0.25, 0.3) is 0 Å². The summed E-state index contributed by atoms with van der Waals surface area (Å²) < 4.78 is 4.97. The maximum atomic E-state index is 11.3. The monoisotopic (exact) mass is 196 g/mol. The molecule has 0 aromatic heterocycles. The molecular weight excluding hydrogens is 188 g/mol. The van der Waals surface area contributed by atoms with Gasteiger partial charge >= 0.3 is 0 Å². The first-order valence-corrected chi connectivity index (χ1v) is 4.16. The molecule has 13 heavy (non-hydrogen) atoms. The van der Waals surface area contributed by atoms with E-state index in [2.05, 4.69) is 0 Å². The zero-order chi connectivity index (χ0) is 9.68. The second-order valence-electron chi connectivity index (χ2n) is 2.39. The predicted octanol–water partition coefficient (Wildman–Crippen LogP) is 2.63. The lowest BCUT2D eigenvalue weighted by Gasteiger charge is -2.00. The maximum Gasteiger partial charge on any atom is 0.186 e. The summed E-state index contributed by atoms with van der Waals surface area (Å²) in [6.45, 7) is 0. The Morgan fingerprint density at radius 2 is 2.31 bits per heavy atom. The molecule has 0 bridgehead atoms. The number of benzene rings is 1. The van der Waals surface area contributed by atoms with Crippen molar-refractivity contribution in [3.05, 3.63) is 41.4 Å². The summed E-state index contributed by atoms with van der Waals surface area (Å²) in [5.41, 5.74) is 1.76. The smallest absolute Gasteiger partial charge is 0.186 e. The quantitative estimate of drug-likeness (QED) is 0.549. The van der Waals surface area contributed by atoms with E-state index in [0.717, 1.165) is 0 Å². The average Bonchev–Trinajstić information content (AvgIpc) is 2.18. The van der Waals surface area contributed by atoms with Gasteiger partial charge in [-0.3, -0.25) is 4.79 Å². The van der Waals surface area contributed by atoms with Crippen LogP contribution >= 0.6 is 11.6 Å². The second-order valence-corrected chi connectivity index (χ2v) is 2.64. The lowest BCUT2D eigenvalue weighted by atomic mass is 10.1. The van der Waals surface area contributed by atoms with Crippen LogP contribution in [0.5, 0.6) is 5.75 Å². The zero-order valence-electron chi connectivity index (χ0n) is 7.16. The fraction of sp³-hybridized carbons (Fsp3) is 0.100. The van der Waals surface area contributed by atoms with Gasteiger partial charge < -0.3 is 4.74 Å². The number of halogens is 1. The van der Waals surface area contributed by atoms with E-state index >= 15 is 0 Å². The minimum absolute atomic E-state index is 0.131. The van der Waals surface area contributed by atoms with E-state index in [0.29, 0.717) is 11.3 Å². The van der Waals surface area contributed by atoms with Crippen LogP contribution in [-0.4, -0.2) is 12.9 Å². The van der Waals surface area contributed by atoms with Gasteiger partial charge in [0, 0.05) is 11.1 Å². The van der Waals surface area contributed by atoms with Gasteiger partial charge in [-0.05, 0) is 18.2 Å². The summed E-state index contributed by atoms with van der Waals surface area (Å²) in [7, 11) is 1.56. The van der Waals surface area contributed by atoms with Crippen LogP contribution in [0.1, 0.15) is 10.4 Å². The van der Waals surface area contributed by atoms with E-state index in [1.807, 2.05) is 0 Å². The third-order valence-corrected chi connectivity index (χ3v) is 1.69. The molecule has 0 fully saturated rings. The molecule has 0 aliphatic carbocycles. The van der Waals surface area contributed by atoms with Crippen molar-refractivity contribution in [2.24, 2.45) is 0 Å². The lowest BCUT2D eigenvalue weighted by molar-refractivity contribution is 0.104. The number of ketones is 1. The molecule has 0 N–H and O–H groups in total. The number of ether oxygens (including phenoxy) is 1. The van der Waals surface area contributed by atoms with Gasteiger partial charge in [-0.15, -0.1) is 0 Å². The highest BCUT2D eigenvalue weighted by atomic mass is 35.5. The number of carbonyl (C=O) groups is 1. The van der Waals surface area contributed by atoms with Crippen LogP contribution in [0.4, 0.5) is 0 Å². The molecule has 0 atom stereocenters. The van der Waals surface area contributed by atoms with E-state index in [4.69, 9.17) is 16.3 Å². The van der Waals surface area contributed by atoms with Crippen LogP contribution in [0.3, 0.4) is 0 Å². The van der Waals surface area contributed by atoms with Gasteiger partial charge in [0.2, 0.25) is 0 Å². The standard InChI is InChI=1S/C10H9ClO2/c1-13-9-4-2-3-8(7-9)10(12)5-6-11/h2-7H,1H3/b6-5+. The molecule has 0 radical (unpaired) electrons. The van der Waals surface area contributed by atoms with Gasteiger partial charge in [0.15, 0.2) is 5.78 Å². The Bertz CT molecular complexity index is 331. The molecule has 1 aromatic rings. The van der Waals surface area contributed by atoms with Gasteiger partial charge in [-0.2, -0.15) is 0 Å². The molecule has 1 rings (SSSR count). The summed E-state index contributed by atoms with van der Waals surface area (Å²) in [4.78, 5) is 11.3. The van der Waals surface area contributed by atoms with Crippen LogP contribution in [-0.2, 0) is 0 Å². The molecule has 0 unspecified atom stereocenters. The van der Waals surface area contributed by atoms with Gasteiger partial charge in [0.05, 0.1) is 7.11 Å². The average molecular weight is 197 g/mol. The molecule has 0 saturated carbocycles. The number of rotatable bonds is 3. The molecule has 3 heteroatoms. The molecule has 0 saturated heterocycles. The number of hydrogen-bond donors (Lipinski definition) is 0. The molecule has 1 aromatic carbocycles. The van der Waals surface area contributed by atoms with E-state index in [1.54, 1.807) is 31.4 Å². The van der Waals surface area contributed by atoms with E-state index in [9.17, 15) is 4.79 Å². The van der Waals surface area contributed by atoms with Crippen LogP contribution in [0.25, 0.3) is 0 Å². The Kier molecular flexibility index (Phi) is 3.53. The summed E-state index contributed by atoms with van der Waals surface area (Å²) >= 11 is 5.29. The number of allylic oxidation sites excluding steroid dienone is 1. The third-order valence-electron chi connectivity index (χ3n) is 1.57. The maximum absolute atomic E-state index is 11.3. The SMILES string of the molecule is COc1cccc(C(=O)/C=C/Cl)c1. The first kappa shape index (κ1) is 9.81. The summed E-state index contributed by atoms with van der Waals surface area (Å²) in [5, 5.41) is 0. The topological polar surface area (TPSA) is 26.3 Å². The van der Waals surface area contributed by atoms with E-state index in [-0.39, 0.29) is 5.78 Å². The minimum Gasteiger partial charge on any atom is -0.497 e. The van der Waals surface area contributed by atoms with Crippen LogP contribution in [0, 0.1) is 0 Å². The summed E-state index contributed by atoms with van der Waals surface area (Å²) in [6, 6.07) is 6.91. The van der Waals surface area contributed by atoms with Crippen LogP contribution < -0.4 is 4.74 Å². The molecule has 0 amide bonds. The molecule has 0 spiro atoms. The largest absolute Gasteiger partial charge is 0.497 e. The highest BCUT2D eigenvalue weighted by Gasteiger charge is 2.01.